The van der Waals surface area contributed by atoms with E-state index < -0.39 is 0 Å². The number of benzene rings is 2. The van der Waals surface area contributed by atoms with Gasteiger partial charge in [0.25, 0.3) is 0 Å². The molecular weight excluding hydrogens is 404 g/mol. The molecular formula is C26H30N2O2S. The van der Waals surface area contributed by atoms with Crippen LogP contribution in [0.3, 0.4) is 0 Å². The van der Waals surface area contributed by atoms with Crippen molar-refractivity contribution in [3.05, 3.63) is 75.7 Å². The molecule has 1 unspecified atom stereocenters. The molecule has 0 bridgehead atoms. The molecule has 0 saturated heterocycles. The number of hydrogen-bond donors (Lipinski definition) is 1. The molecule has 2 heterocycles. The second kappa shape index (κ2) is 9.41. The van der Waals surface area contributed by atoms with Crippen molar-refractivity contribution in [2.24, 2.45) is 0 Å². The Labute approximate surface area is 188 Å². The van der Waals surface area contributed by atoms with Gasteiger partial charge in [-0.25, -0.2) is 4.98 Å². The molecule has 5 heteroatoms. The third-order valence-electron chi connectivity index (χ3n) is 6.52. The Bertz CT molecular complexity index is 996. The standard InChI is InChI=1S/C26H30N2O2S/c1-18-26(31-17-28-18)16-27-21-8-10-22(11-9-21)29-23-12-14-25-20(15-23)7-13-24(30-25)19-5-3-2-4-6-19/h2-6,12,14-15,17,21-22,24,27H,7-11,13,16H2,1H3. The first-order chi connectivity index (χ1) is 15.2. The SMILES string of the molecule is Cc1ncsc1CNC1CCC(Oc2ccc3c(c2)CCC(c2ccccc2)O3)CC1. The maximum absolute atomic E-state index is 6.36. The molecule has 0 spiro atoms. The highest BCUT2D eigenvalue weighted by Crippen LogP contribution is 2.37. The Morgan fingerprint density at radius 1 is 1.06 bits per heavy atom. The van der Waals surface area contributed by atoms with Gasteiger partial charge < -0.3 is 14.8 Å². The lowest BCUT2D eigenvalue weighted by Gasteiger charge is -2.30. The zero-order chi connectivity index (χ0) is 21.0. The van der Waals surface area contributed by atoms with Gasteiger partial charge in [0.1, 0.15) is 17.6 Å². The molecule has 1 N–H and O–H groups in total. The number of nitrogens with zero attached hydrogens (tertiary/aromatic N) is 1. The van der Waals surface area contributed by atoms with E-state index in [1.807, 2.05) is 5.51 Å². The van der Waals surface area contributed by atoms with E-state index in [1.165, 1.54) is 16.0 Å². The topological polar surface area (TPSA) is 43.4 Å². The summed E-state index contributed by atoms with van der Waals surface area (Å²) in [6.07, 6.45) is 7.02. The van der Waals surface area contributed by atoms with E-state index in [2.05, 4.69) is 65.8 Å². The highest BCUT2D eigenvalue weighted by Gasteiger charge is 2.24. The average Bonchev–Trinajstić information content (AvgIpc) is 3.23. The first-order valence-corrected chi connectivity index (χ1v) is 12.3. The third kappa shape index (κ3) is 4.94. The summed E-state index contributed by atoms with van der Waals surface area (Å²) in [5.74, 6) is 1.98. The fourth-order valence-corrected chi connectivity index (χ4v) is 5.38. The van der Waals surface area contributed by atoms with E-state index in [1.54, 1.807) is 11.3 Å². The van der Waals surface area contributed by atoms with Crippen LogP contribution < -0.4 is 14.8 Å². The van der Waals surface area contributed by atoms with Crippen LogP contribution in [-0.2, 0) is 13.0 Å². The summed E-state index contributed by atoms with van der Waals surface area (Å²) >= 11 is 1.74. The van der Waals surface area contributed by atoms with E-state index >= 15 is 0 Å². The molecule has 4 nitrogen and oxygen atoms in total. The Balaban J connectivity index is 1.12. The predicted molar refractivity (Wildman–Crippen MR) is 125 cm³/mol. The monoisotopic (exact) mass is 434 g/mol. The lowest BCUT2D eigenvalue weighted by molar-refractivity contribution is 0.138. The number of ether oxygens (including phenoxy) is 2. The molecule has 2 aromatic carbocycles. The molecule has 1 fully saturated rings. The molecule has 1 aliphatic heterocycles. The second-order valence-corrected chi connectivity index (χ2v) is 9.60. The molecule has 0 amide bonds. The van der Waals surface area contributed by atoms with Crippen LogP contribution in [0.5, 0.6) is 11.5 Å². The summed E-state index contributed by atoms with van der Waals surface area (Å²) < 4.78 is 12.6. The van der Waals surface area contributed by atoms with Crippen LogP contribution in [0.25, 0.3) is 0 Å². The molecule has 1 aliphatic carbocycles. The average molecular weight is 435 g/mol. The number of hydrogen-bond acceptors (Lipinski definition) is 5. The minimum absolute atomic E-state index is 0.150. The third-order valence-corrected chi connectivity index (χ3v) is 7.46. The maximum Gasteiger partial charge on any atom is 0.124 e. The Kier molecular flexibility index (Phi) is 6.23. The molecule has 162 valence electrons. The lowest BCUT2D eigenvalue weighted by atomic mass is 9.92. The molecule has 2 aliphatic rings. The van der Waals surface area contributed by atoms with Crippen molar-refractivity contribution in [1.29, 1.82) is 0 Å². The van der Waals surface area contributed by atoms with Crippen molar-refractivity contribution in [3.63, 3.8) is 0 Å². The van der Waals surface area contributed by atoms with E-state index in [9.17, 15) is 0 Å². The van der Waals surface area contributed by atoms with Gasteiger partial charge in [0.05, 0.1) is 17.3 Å². The van der Waals surface area contributed by atoms with Crippen molar-refractivity contribution in [1.82, 2.24) is 10.3 Å². The summed E-state index contributed by atoms with van der Waals surface area (Å²) in [5, 5.41) is 3.71. The summed E-state index contributed by atoms with van der Waals surface area (Å²) in [7, 11) is 0. The smallest absolute Gasteiger partial charge is 0.124 e. The van der Waals surface area contributed by atoms with Crippen LogP contribution in [0.4, 0.5) is 0 Å². The maximum atomic E-state index is 6.36. The molecule has 1 atom stereocenters. The van der Waals surface area contributed by atoms with Crippen LogP contribution in [-0.4, -0.2) is 17.1 Å². The van der Waals surface area contributed by atoms with Crippen LogP contribution in [0.1, 0.15) is 59.9 Å². The first-order valence-electron chi connectivity index (χ1n) is 11.4. The number of nitrogens with one attached hydrogen (secondary N) is 1. The van der Waals surface area contributed by atoms with Gasteiger partial charge in [0.2, 0.25) is 0 Å². The van der Waals surface area contributed by atoms with Crippen LogP contribution in [0.15, 0.2) is 54.0 Å². The number of aryl methyl sites for hydroxylation is 2. The summed E-state index contributed by atoms with van der Waals surface area (Å²) in [5.41, 5.74) is 5.60. The Morgan fingerprint density at radius 2 is 1.90 bits per heavy atom. The van der Waals surface area contributed by atoms with Gasteiger partial charge in [-0.2, -0.15) is 0 Å². The van der Waals surface area contributed by atoms with E-state index in [-0.39, 0.29) is 6.10 Å². The van der Waals surface area contributed by atoms with Gasteiger partial charge >= 0.3 is 0 Å². The fraction of sp³-hybridized carbons (Fsp3) is 0.423. The van der Waals surface area contributed by atoms with Gasteiger partial charge in [0, 0.05) is 17.5 Å². The summed E-state index contributed by atoms with van der Waals surface area (Å²) in [6, 6.07) is 17.4. The molecule has 31 heavy (non-hydrogen) atoms. The van der Waals surface area contributed by atoms with Crippen LogP contribution in [0.2, 0.25) is 0 Å². The van der Waals surface area contributed by atoms with Crippen LogP contribution >= 0.6 is 11.3 Å². The predicted octanol–water partition coefficient (Wildman–Crippen LogP) is 6.00. The van der Waals surface area contributed by atoms with E-state index in [4.69, 9.17) is 9.47 Å². The number of aromatic nitrogens is 1. The largest absolute Gasteiger partial charge is 0.490 e. The van der Waals surface area contributed by atoms with Gasteiger partial charge in [-0.1, -0.05) is 30.3 Å². The molecule has 3 aromatic rings. The van der Waals surface area contributed by atoms with Gasteiger partial charge in [-0.05, 0) is 74.8 Å². The minimum Gasteiger partial charge on any atom is -0.490 e. The minimum atomic E-state index is 0.150. The number of rotatable bonds is 6. The van der Waals surface area contributed by atoms with Crippen molar-refractivity contribution < 1.29 is 9.47 Å². The second-order valence-electron chi connectivity index (χ2n) is 8.66. The summed E-state index contributed by atoms with van der Waals surface area (Å²) in [4.78, 5) is 5.69. The fourth-order valence-electron chi connectivity index (χ4n) is 4.65. The van der Waals surface area contributed by atoms with E-state index in [0.29, 0.717) is 12.1 Å². The highest BCUT2D eigenvalue weighted by atomic mass is 32.1. The van der Waals surface area contributed by atoms with Crippen molar-refractivity contribution in [2.45, 2.75) is 70.2 Å². The molecule has 1 saturated carbocycles. The number of fused-ring (bicyclic) bond motifs is 1. The van der Waals surface area contributed by atoms with E-state index in [0.717, 1.165) is 62.3 Å². The highest BCUT2D eigenvalue weighted by molar-refractivity contribution is 7.09. The first kappa shape index (κ1) is 20.5. The van der Waals surface area contributed by atoms with Gasteiger partial charge in [-0.15, -0.1) is 11.3 Å². The van der Waals surface area contributed by atoms with Crippen molar-refractivity contribution in [2.75, 3.05) is 0 Å². The molecule has 0 radical (unpaired) electrons. The zero-order valence-electron chi connectivity index (χ0n) is 18.0. The summed E-state index contributed by atoms with van der Waals surface area (Å²) in [6.45, 7) is 3.02. The molecule has 5 rings (SSSR count). The van der Waals surface area contributed by atoms with Crippen LogP contribution in [0, 0.1) is 6.92 Å². The van der Waals surface area contributed by atoms with Gasteiger partial charge in [-0.3, -0.25) is 0 Å². The normalized spacial score (nSPS) is 23.1. The van der Waals surface area contributed by atoms with Gasteiger partial charge in [0.15, 0.2) is 0 Å². The number of thiazole rings is 1. The zero-order valence-corrected chi connectivity index (χ0v) is 18.9. The Hall–Kier alpha value is -2.37. The Morgan fingerprint density at radius 3 is 2.68 bits per heavy atom. The quantitative estimate of drug-likeness (QED) is 0.517. The van der Waals surface area contributed by atoms with Crippen molar-refractivity contribution >= 4 is 11.3 Å². The van der Waals surface area contributed by atoms with Crippen molar-refractivity contribution in [3.8, 4) is 11.5 Å². The molecule has 1 aromatic heterocycles. The lowest BCUT2D eigenvalue weighted by Crippen LogP contribution is -2.35.